The van der Waals surface area contributed by atoms with Crippen LogP contribution in [0.3, 0.4) is 0 Å². The van der Waals surface area contributed by atoms with Crippen LogP contribution in [0.1, 0.15) is 52.9 Å². The molecule has 3 unspecified atom stereocenters. The van der Waals surface area contributed by atoms with Crippen LogP contribution in [0.4, 0.5) is 0 Å². The molecule has 1 aliphatic carbocycles. The Morgan fingerprint density at radius 3 is 2.65 bits per heavy atom. The second kappa shape index (κ2) is 7.15. The van der Waals surface area contributed by atoms with Crippen molar-refractivity contribution in [3.05, 3.63) is 0 Å². The minimum atomic E-state index is 0.252. The number of Topliss-reactive ketones (excluding diaryl/α,β-unsaturated/α-hetero) is 1. The zero-order valence-corrected chi connectivity index (χ0v) is 11.9. The van der Waals surface area contributed by atoms with Gasteiger partial charge in [0.1, 0.15) is 5.78 Å². The van der Waals surface area contributed by atoms with Crippen molar-refractivity contribution >= 4 is 5.78 Å². The van der Waals surface area contributed by atoms with E-state index in [2.05, 4.69) is 20.8 Å². The molecule has 0 saturated heterocycles. The van der Waals surface area contributed by atoms with Gasteiger partial charge < -0.3 is 4.74 Å². The van der Waals surface area contributed by atoms with E-state index in [0.717, 1.165) is 25.9 Å². The molecule has 1 saturated carbocycles. The lowest BCUT2D eigenvalue weighted by molar-refractivity contribution is -0.129. The number of carbonyl (C=O) groups excluding carboxylic acids is 1. The molecule has 0 aromatic rings. The summed E-state index contributed by atoms with van der Waals surface area (Å²) in [6, 6.07) is 0. The normalized spacial score (nSPS) is 29.6. The van der Waals surface area contributed by atoms with Crippen LogP contribution < -0.4 is 0 Å². The fraction of sp³-hybridized carbons (Fsp3) is 0.933. The first-order valence-corrected chi connectivity index (χ1v) is 7.07. The molecule has 0 aromatic heterocycles. The molecular weight excluding hydrogens is 212 g/mol. The van der Waals surface area contributed by atoms with Crippen molar-refractivity contribution in [2.75, 3.05) is 13.7 Å². The van der Waals surface area contributed by atoms with Crippen LogP contribution in [0, 0.1) is 23.7 Å². The zero-order valence-electron chi connectivity index (χ0n) is 11.9. The molecular formula is C15H28O2. The topological polar surface area (TPSA) is 26.3 Å². The van der Waals surface area contributed by atoms with Crippen molar-refractivity contribution in [1.29, 1.82) is 0 Å². The number of rotatable bonds is 6. The van der Waals surface area contributed by atoms with Crippen molar-refractivity contribution in [1.82, 2.24) is 0 Å². The second-order valence-corrected chi connectivity index (χ2v) is 6.05. The Morgan fingerprint density at radius 2 is 2.06 bits per heavy atom. The fourth-order valence-corrected chi connectivity index (χ4v) is 3.10. The molecule has 0 heterocycles. The lowest BCUT2D eigenvalue weighted by Crippen LogP contribution is -2.35. The van der Waals surface area contributed by atoms with Crippen LogP contribution in [0.25, 0.3) is 0 Å². The van der Waals surface area contributed by atoms with E-state index in [4.69, 9.17) is 4.74 Å². The second-order valence-electron chi connectivity index (χ2n) is 6.05. The van der Waals surface area contributed by atoms with Crippen LogP contribution in [0.5, 0.6) is 0 Å². The van der Waals surface area contributed by atoms with Gasteiger partial charge in [0.15, 0.2) is 0 Å². The van der Waals surface area contributed by atoms with Gasteiger partial charge >= 0.3 is 0 Å². The highest BCUT2D eigenvalue weighted by atomic mass is 16.5. The van der Waals surface area contributed by atoms with E-state index in [9.17, 15) is 4.79 Å². The Hall–Kier alpha value is -0.370. The molecule has 0 amide bonds. The van der Waals surface area contributed by atoms with Gasteiger partial charge in [-0.2, -0.15) is 0 Å². The summed E-state index contributed by atoms with van der Waals surface area (Å²) < 4.78 is 5.28. The van der Waals surface area contributed by atoms with Gasteiger partial charge in [0.2, 0.25) is 0 Å². The molecule has 1 rings (SSSR count). The average Bonchev–Trinajstić information content (AvgIpc) is 2.26. The average molecular weight is 240 g/mol. The number of ketones is 1. The highest BCUT2D eigenvalue weighted by Crippen LogP contribution is 2.36. The van der Waals surface area contributed by atoms with Crippen molar-refractivity contribution in [2.24, 2.45) is 23.7 Å². The molecule has 0 radical (unpaired) electrons. The van der Waals surface area contributed by atoms with Gasteiger partial charge in [-0.25, -0.2) is 0 Å². The summed E-state index contributed by atoms with van der Waals surface area (Å²) in [6.07, 6.45) is 5.41. The molecule has 2 heteroatoms. The summed E-state index contributed by atoms with van der Waals surface area (Å²) in [5, 5.41) is 0. The minimum absolute atomic E-state index is 0.252. The largest absolute Gasteiger partial charge is 0.384 e. The van der Waals surface area contributed by atoms with Gasteiger partial charge in [-0.3, -0.25) is 4.79 Å². The van der Waals surface area contributed by atoms with Crippen LogP contribution in [-0.2, 0) is 9.53 Å². The Labute approximate surface area is 106 Å². The molecule has 3 atom stereocenters. The minimum Gasteiger partial charge on any atom is -0.384 e. The van der Waals surface area contributed by atoms with E-state index in [-0.39, 0.29) is 5.92 Å². The number of ether oxygens (including phenoxy) is 1. The Balaban J connectivity index is 2.57. The van der Waals surface area contributed by atoms with Crippen LogP contribution in [0.2, 0.25) is 0 Å². The lowest BCUT2D eigenvalue weighted by Gasteiger charge is -2.35. The first-order chi connectivity index (χ1) is 8.06. The van der Waals surface area contributed by atoms with E-state index in [1.165, 1.54) is 12.8 Å². The number of hydrogen-bond acceptors (Lipinski definition) is 2. The first kappa shape index (κ1) is 14.7. The molecule has 1 fully saturated rings. The fourth-order valence-electron chi connectivity index (χ4n) is 3.10. The Morgan fingerprint density at radius 1 is 1.35 bits per heavy atom. The predicted octanol–water partition coefficient (Wildman–Crippen LogP) is 3.69. The molecule has 1 aliphatic rings. The van der Waals surface area contributed by atoms with Gasteiger partial charge in [0.05, 0.1) is 0 Å². The molecule has 0 spiro atoms. The zero-order chi connectivity index (χ0) is 12.8. The third-order valence-electron chi connectivity index (χ3n) is 4.08. The summed E-state index contributed by atoms with van der Waals surface area (Å²) in [6.45, 7) is 7.36. The third kappa shape index (κ3) is 4.42. The maximum Gasteiger partial charge on any atom is 0.136 e. The van der Waals surface area contributed by atoms with Crippen molar-refractivity contribution in [3.8, 4) is 0 Å². The summed E-state index contributed by atoms with van der Waals surface area (Å²) >= 11 is 0. The van der Waals surface area contributed by atoms with Crippen molar-refractivity contribution < 1.29 is 9.53 Å². The molecule has 17 heavy (non-hydrogen) atoms. The van der Waals surface area contributed by atoms with E-state index in [1.807, 2.05) is 0 Å². The van der Waals surface area contributed by atoms with Gasteiger partial charge in [0, 0.05) is 26.1 Å². The summed E-state index contributed by atoms with van der Waals surface area (Å²) in [5.74, 6) is 2.36. The highest BCUT2D eigenvalue weighted by Gasteiger charge is 2.35. The smallest absolute Gasteiger partial charge is 0.136 e. The standard InChI is InChI=1S/C15H28O2/c1-11(2)8-9-14(16)15-12(3)6-5-7-13(15)10-17-4/h11-13,15H,5-10H2,1-4H3. The van der Waals surface area contributed by atoms with Crippen LogP contribution >= 0.6 is 0 Å². The Kier molecular flexibility index (Phi) is 6.18. The van der Waals surface area contributed by atoms with Gasteiger partial charge in [0.25, 0.3) is 0 Å². The lowest BCUT2D eigenvalue weighted by atomic mass is 9.70. The molecule has 0 aliphatic heterocycles. The molecule has 0 N–H and O–H groups in total. The highest BCUT2D eigenvalue weighted by molar-refractivity contribution is 5.81. The Bertz CT molecular complexity index is 233. The van der Waals surface area contributed by atoms with Gasteiger partial charge in [-0.15, -0.1) is 0 Å². The molecule has 0 bridgehead atoms. The quantitative estimate of drug-likeness (QED) is 0.707. The number of hydrogen-bond donors (Lipinski definition) is 0. The van der Waals surface area contributed by atoms with E-state index >= 15 is 0 Å². The van der Waals surface area contributed by atoms with Gasteiger partial charge in [-0.05, 0) is 37.0 Å². The van der Waals surface area contributed by atoms with Crippen molar-refractivity contribution in [3.63, 3.8) is 0 Å². The van der Waals surface area contributed by atoms with E-state index in [1.54, 1.807) is 7.11 Å². The van der Waals surface area contributed by atoms with Crippen LogP contribution in [0.15, 0.2) is 0 Å². The van der Waals surface area contributed by atoms with E-state index in [0.29, 0.717) is 23.5 Å². The third-order valence-corrected chi connectivity index (χ3v) is 4.08. The molecule has 2 nitrogen and oxygen atoms in total. The first-order valence-electron chi connectivity index (χ1n) is 7.07. The molecule has 0 aromatic carbocycles. The maximum atomic E-state index is 12.3. The number of carbonyl (C=O) groups is 1. The van der Waals surface area contributed by atoms with Crippen molar-refractivity contribution in [2.45, 2.75) is 52.9 Å². The number of methoxy groups -OCH3 is 1. The molecule has 100 valence electrons. The SMILES string of the molecule is COCC1CCCC(C)C1C(=O)CCC(C)C. The van der Waals surface area contributed by atoms with E-state index < -0.39 is 0 Å². The maximum absolute atomic E-state index is 12.3. The monoisotopic (exact) mass is 240 g/mol. The summed E-state index contributed by atoms with van der Waals surface area (Å²) in [4.78, 5) is 12.3. The predicted molar refractivity (Wildman–Crippen MR) is 71.0 cm³/mol. The summed E-state index contributed by atoms with van der Waals surface area (Å²) in [7, 11) is 1.74. The summed E-state index contributed by atoms with van der Waals surface area (Å²) in [5.41, 5.74) is 0. The van der Waals surface area contributed by atoms with Crippen LogP contribution in [-0.4, -0.2) is 19.5 Å². The van der Waals surface area contributed by atoms with Gasteiger partial charge in [-0.1, -0.05) is 27.2 Å².